The van der Waals surface area contributed by atoms with Crippen molar-refractivity contribution in [2.75, 3.05) is 13.1 Å². The van der Waals surface area contributed by atoms with Crippen molar-refractivity contribution in [1.82, 2.24) is 9.80 Å². The molecule has 3 amide bonds. The van der Waals surface area contributed by atoms with Crippen LogP contribution in [0, 0.1) is 27.7 Å². The molecule has 23 heavy (non-hydrogen) atoms. The van der Waals surface area contributed by atoms with Gasteiger partial charge >= 0.3 is 6.03 Å². The number of Topliss-reactive ketones (excluding diaryl/α,β-unsaturated/α-hetero) is 1. The van der Waals surface area contributed by atoms with Crippen LogP contribution < -0.4 is 0 Å². The topological polar surface area (TPSA) is 57.7 Å². The molecule has 3 rings (SSSR count). The molecule has 1 saturated carbocycles. The minimum atomic E-state index is -0.316. The van der Waals surface area contributed by atoms with E-state index in [4.69, 9.17) is 0 Å². The Morgan fingerprint density at radius 3 is 2.35 bits per heavy atom. The molecule has 1 aliphatic carbocycles. The highest BCUT2D eigenvalue weighted by molar-refractivity contribution is 6.08. The van der Waals surface area contributed by atoms with E-state index < -0.39 is 0 Å². The Morgan fingerprint density at radius 2 is 1.74 bits per heavy atom. The number of rotatable bonds is 4. The highest BCUT2D eigenvalue weighted by atomic mass is 16.2. The van der Waals surface area contributed by atoms with E-state index in [2.05, 4.69) is 0 Å². The van der Waals surface area contributed by atoms with Gasteiger partial charge in [-0.2, -0.15) is 0 Å². The first-order valence-corrected chi connectivity index (χ1v) is 8.02. The van der Waals surface area contributed by atoms with Crippen LogP contribution in [-0.2, 0) is 4.79 Å². The second-order valence-corrected chi connectivity index (χ2v) is 6.66. The number of imide groups is 1. The van der Waals surface area contributed by atoms with E-state index in [-0.39, 0.29) is 36.9 Å². The van der Waals surface area contributed by atoms with Gasteiger partial charge in [0.1, 0.15) is 6.54 Å². The highest BCUT2D eigenvalue weighted by Gasteiger charge is 2.44. The van der Waals surface area contributed by atoms with Gasteiger partial charge in [0.15, 0.2) is 5.78 Å². The van der Waals surface area contributed by atoms with Crippen molar-refractivity contribution in [1.29, 1.82) is 0 Å². The van der Waals surface area contributed by atoms with Crippen molar-refractivity contribution in [3.8, 4) is 0 Å². The van der Waals surface area contributed by atoms with Crippen molar-refractivity contribution in [2.24, 2.45) is 0 Å². The summed E-state index contributed by atoms with van der Waals surface area (Å²) in [4.78, 5) is 39.7. The van der Waals surface area contributed by atoms with Gasteiger partial charge in [-0.25, -0.2) is 4.79 Å². The van der Waals surface area contributed by atoms with E-state index in [0.717, 1.165) is 34.4 Å². The number of ketones is 1. The highest BCUT2D eigenvalue weighted by Crippen LogP contribution is 2.30. The number of carbonyl (C=O) groups excluding carboxylic acids is 3. The second kappa shape index (κ2) is 5.48. The summed E-state index contributed by atoms with van der Waals surface area (Å²) in [5, 5.41) is 0. The summed E-state index contributed by atoms with van der Waals surface area (Å²) in [5.74, 6) is -0.443. The average molecular weight is 314 g/mol. The number of carbonyl (C=O) groups is 3. The van der Waals surface area contributed by atoms with Gasteiger partial charge < -0.3 is 4.90 Å². The first-order chi connectivity index (χ1) is 10.8. The maximum atomic E-state index is 12.7. The smallest absolute Gasteiger partial charge is 0.312 e. The van der Waals surface area contributed by atoms with Crippen LogP contribution in [0.2, 0.25) is 0 Å². The fourth-order valence-electron chi connectivity index (χ4n) is 3.12. The number of hydrogen-bond donors (Lipinski definition) is 0. The first kappa shape index (κ1) is 15.7. The predicted octanol–water partition coefficient (Wildman–Crippen LogP) is 2.53. The molecule has 0 spiro atoms. The van der Waals surface area contributed by atoms with Gasteiger partial charge in [0, 0.05) is 11.6 Å². The number of hydrogen-bond acceptors (Lipinski definition) is 3. The zero-order chi connectivity index (χ0) is 16.9. The molecule has 2 aliphatic rings. The zero-order valence-electron chi connectivity index (χ0n) is 14.1. The van der Waals surface area contributed by atoms with Gasteiger partial charge in [0.2, 0.25) is 0 Å². The van der Waals surface area contributed by atoms with Crippen molar-refractivity contribution >= 4 is 17.7 Å². The Labute approximate surface area is 136 Å². The number of aryl methyl sites for hydroxylation is 1. The molecule has 1 aromatic rings. The van der Waals surface area contributed by atoms with Crippen molar-refractivity contribution in [3.63, 3.8) is 0 Å². The molecule has 2 fully saturated rings. The fourth-order valence-corrected chi connectivity index (χ4v) is 3.12. The lowest BCUT2D eigenvalue weighted by molar-refractivity contribution is -0.125. The minimum Gasteiger partial charge on any atom is -0.312 e. The molecule has 0 N–H and O–H groups in total. The zero-order valence-corrected chi connectivity index (χ0v) is 14.1. The van der Waals surface area contributed by atoms with E-state index in [1.807, 2.05) is 33.8 Å². The number of nitrogens with zero attached hydrogens (tertiary/aromatic N) is 2. The van der Waals surface area contributed by atoms with E-state index in [1.54, 1.807) is 4.90 Å². The Morgan fingerprint density at radius 1 is 1.09 bits per heavy atom. The molecular formula is C18H22N2O3. The summed E-state index contributed by atoms with van der Waals surface area (Å²) in [5.41, 5.74) is 4.85. The maximum Gasteiger partial charge on any atom is 0.327 e. The SMILES string of the molecule is Cc1cc(C(=O)CN2C(=O)CN(C3CC3)C2=O)c(C)c(C)c1C. The molecule has 0 aromatic heterocycles. The van der Waals surface area contributed by atoms with Crippen LogP contribution in [0.1, 0.15) is 45.5 Å². The summed E-state index contributed by atoms with van der Waals surface area (Å²) in [6.45, 7) is 7.87. The first-order valence-electron chi connectivity index (χ1n) is 8.02. The van der Waals surface area contributed by atoms with Crippen LogP contribution in [0.25, 0.3) is 0 Å². The lowest BCUT2D eigenvalue weighted by Crippen LogP contribution is -2.37. The third kappa shape index (κ3) is 2.64. The van der Waals surface area contributed by atoms with E-state index in [9.17, 15) is 14.4 Å². The van der Waals surface area contributed by atoms with E-state index in [0.29, 0.717) is 5.56 Å². The molecule has 5 heteroatoms. The lowest BCUT2D eigenvalue weighted by atomic mass is 9.92. The Balaban J connectivity index is 1.82. The molecule has 0 bridgehead atoms. The summed E-state index contributed by atoms with van der Waals surface area (Å²) < 4.78 is 0. The van der Waals surface area contributed by atoms with Crippen molar-refractivity contribution < 1.29 is 14.4 Å². The molecular weight excluding hydrogens is 292 g/mol. The normalized spacial score (nSPS) is 18.1. The molecule has 1 aromatic carbocycles. The van der Waals surface area contributed by atoms with Crippen LogP contribution >= 0.6 is 0 Å². The molecule has 1 saturated heterocycles. The van der Waals surface area contributed by atoms with Gasteiger partial charge in [-0.3, -0.25) is 14.5 Å². The average Bonchev–Trinajstić information content (AvgIpc) is 3.31. The molecule has 1 heterocycles. The van der Waals surface area contributed by atoms with Gasteiger partial charge in [0.25, 0.3) is 5.91 Å². The fraction of sp³-hybridized carbons (Fsp3) is 0.500. The Kier molecular flexibility index (Phi) is 3.74. The summed E-state index contributed by atoms with van der Waals surface area (Å²) >= 11 is 0. The van der Waals surface area contributed by atoms with Crippen LogP contribution in [0.5, 0.6) is 0 Å². The quantitative estimate of drug-likeness (QED) is 0.634. The Bertz CT molecular complexity index is 719. The largest absolute Gasteiger partial charge is 0.327 e. The summed E-state index contributed by atoms with van der Waals surface area (Å²) in [7, 11) is 0. The molecule has 1 aliphatic heterocycles. The molecule has 122 valence electrons. The van der Waals surface area contributed by atoms with Crippen LogP contribution in [0.3, 0.4) is 0 Å². The number of urea groups is 1. The van der Waals surface area contributed by atoms with Crippen LogP contribution in [0.15, 0.2) is 6.07 Å². The van der Waals surface area contributed by atoms with E-state index in [1.165, 1.54) is 5.56 Å². The molecule has 0 atom stereocenters. The van der Waals surface area contributed by atoms with Gasteiger partial charge in [-0.1, -0.05) is 0 Å². The minimum absolute atomic E-state index is 0.113. The molecule has 0 radical (unpaired) electrons. The summed E-state index contributed by atoms with van der Waals surface area (Å²) in [6, 6.07) is 1.74. The number of benzene rings is 1. The number of amides is 3. The lowest BCUT2D eigenvalue weighted by Gasteiger charge is -2.18. The predicted molar refractivity (Wildman–Crippen MR) is 86.6 cm³/mol. The Hall–Kier alpha value is -2.17. The second-order valence-electron chi connectivity index (χ2n) is 6.66. The van der Waals surface area contributed by atoms with Gasteiger partial charge in [-0.05, 0) is 68.9 Å². The molecule has 0 unspecified atom stereocenters. The third-order valence-corrected chi connectivity index (χ3v) is 5.15. The van der Waals surface area contributed by atoms with Crippen LogP contribution in [-0.4, -0.2) is 46.7 Å². The van der Waals surface area contributed by atoms with Crippen molar-refractivity contribution in [2.45, 2.75) is 46.6 Å². The molecule has 5 nitrogen and oxygen atoms in total. The third-order valence-electron chi connectivity index (χ3n) is 5.15. The van der Waals surface area contributed by atoms with E-state index >= 15 is 0 Å². The van der Waals surface area contributed by atoms with Gasteiger partial charge in [0.05, 0.1) is 6.54 Å². The monoisotopic (exact) mass is 314 g/mol. The van der Waals surface area contributed by atoms with Crippen molar-refractivity contribution in [3.05, 3.63) is 33.9 Å². The van der Waals surface area contributed by atoms with Crippen LogP contribution in [0.4, 0.5) is 4.79 Å². The van der Waals surface area contributed by atoms with Gasteiger partial charge in [-0.15, -0.1) is 0 Å². The maximum absolute atomic E-state index is 12.7. The standard InChI is InChI=1S/C18H22N2O3/c1-10-7-15(13(4)12(3)11(10)2)16(21)8-20-17(22)9-19(18(20)23)14-5-6-14/h7,14H,5-6,8-9H2,1-4H3. The summed E-state index contributed by atoms with van der Waals surface area (Å²) in [6.07, 6.45) is 1.91.